The van der Waals surface area contributed by atoms with Crippen LogP contribution in [0.3, 0.4) is 0 Å². The van der Waals surface area contributed by atoms with Crippen molar-refractivity contribution in [1.29, 1.82) is 10.7 Å². The van der Waals surface area contributed by atoms with Crippen molar-refractivity contribution in [3.05, 3.63) is 56.8 Å². The Kier molecular flexibility index (Phi) is 5.50. The number of rotatable bonds is 5. The number of nitriles is 1. The first-order valence-corrected chi connectivity index (χ1v) is 7.87. The van der Waals surface area contributed by atoms with Crippen LogP contribution in [0.15, 0.2) is 36.0 Å². The van der Waals surface area contributed by atoms with Crippen molar-refractivity contribution >= 4 is 34.0 Å². The Hall–Kier alpha value is -2.21. The molecule has 0 spiro atoms. The molecule has 0 unspecified atom stereocenters. The van der Waals surface area contributed by atoms with Gasteiger partial charge in [0, 0.05) is 34.1 Å². The third-order valence-electron chi connectivity index (χ3n) is 3.08. The Balaban J connectivity index is 2.29. The third-order valence-corrected chi connectivity index (χ3v) is 3.97. The van der Waals surface area contributed by atoms with Crippen molar-refractivity contribution in [2.75, 3.05) is 5.32 Å². The van der Waals surface area contributed by atoms with Gasteiger partial charge < -0.3 is 10.7 Å². The second kappa shape index (κ2) is 7.37. The minimum absolute atomic E-state index is 0.293. The molecule has 1 heterocycles. The average Bonchev–Trinajstić information content (AvgIpc) is 2.82. The third kappa shape index (κ3) is 4.63. The zero-order valence-corrected chi connectivity index (χ0v) is 14.8. The van der Waals surface area contributed by atoms with Gasteiger partial charge in [-0.05, 0) is 59.9 Å². The van der Waals surface area contributed by atoms with Crippen LogP contribution < -0.4 is 5.32 Å². The molecule has 2 aromatic rings. The van der Waals surface area contributed by atoms with E-state index in [0.717, 1.165) is 20.6 Å². The molecule has 0 aliphatic heterocycles. The second-order valence-corrected chi connectivity index (χ2v) is 6.20. The second-order valence-electron chi connectivity index (χ2n) is 5.03. The van der Waals surface area contributed by atoms with Crippen LogP contribution in [0, 0.1) is 26.1 Å². The summed E-state index contributed by atoms with van der Waals surface area (Å²) in [5.74, 6) is -0.293. The van der Waals surface area contributed by atoms with E-state index in [1.807, 2.05) is 6.07 Å². The fraction of sp³-hybridized carbons (Fsp3) is 0.188. The number of nitrogens with zero attached hydrogens (tertiary/aromatic N) is 3. The maximum atomic E-state index is 13.2. The molecule has 0 amide bonds. The van der Waals surface area contributed by atoms with Crippen LogP contribution in [0.1, 0.15) is 18.3 Å². The predicted molar refractivity (Wildman–Crippen MR) is 95.9 cm³/mol. The number of halogens is 2. The number of anilines is 1. The fourth-order valence-electron chi connectivity index (χ4n) is 2.08. The lowest BCUT2D eigenvalue weighted by atomic mass is 10.1. The molecule has 7 heteroatoms. The van der Waals surface area contributed by atoms with E-state index in [9.17, 15) is 4.39 Å². The molecule has 1 aromatic heterocycles. The summed E-state index contributed by atoms with van der Waals surface area (Å²) in [5, 5.41) is 23.9. The molecule has 1 aromatic carbocycles. The zero-order chi connectivity index (χ0) is 17.0. The van der Waals surface area contributed by atoms with Gasteiger partial charge in [-0.3, -0.25) is 4.68 Å². The molecule has 0 aliphatic carbocycles. The molecular formula is C16H15FIN5. The molecule has 0 saturated carbocycles. The highest BCUT2D eigenvalue weighted by molar-refractivity contribution is 14.1. The van der Waals surface area contributed by atoms with Crippen LogP contribution in [0.4, 0.5) is 10.1 Å². The quantitative estimate of drug-likeness (QED) is 0.570. The van der Waals surface area contributed by atoms with Crippen LogP contribution >= 0.6 is 22.6 Å². The number of aromatic nitrogens is 2. The first kappa shape index (κ1) is 17.1. The smallest absolute Gasteiger partial charge is 0.162 e. The highest BCUT2D eigenvalue weighted by atomic mass is 127. The Morgan fingerprint density at radius 1 is 1.52 bits per heavy atom. The van der Waals surface area contributed by atoms with Gasteiger partial charge in [-0.15, -0.1) is 0 Å². The number of benzene rings is 1. The molecular weight excluding hydrogens is 408 g/mol. The van der Waals surface area contributed by atoms with Crippen molar-refractivity contribution in [2.24, 2.45) is 7.05 Å². The zero-order valence-electron chi connectivity index (χ0n) is 12.7. The largest absolute Gasteiger partial charge is 0.358 e. The maximum Gasteiger partial charge on any atom is 0.162 e. The van der Waals surface area contributed by atoms with Gasteiger partial charge in [-0.25, -0.2) is 4.39 Å². The van der Waals surface area contributed by atoms with E-state index in [1.165, 1.54) is 12.1 Å². The van der Waals surface area contributed by atoms with Gasteiger partial charge in [-0.2, -0.15) is 10.4 Å². The molecule has 118 valence electrons. The van der Waals surface area contributed by atoms with E-state index in [0.29, 0.717) is 17.8 Å². The van der Waals surface area contributed by atoms with Crippen LogP contribution in [-0.4, -0.2) is 15.5 Å². The Morgan fingerprint density at radius 3 is 2.83 bits per heavy atom. The number of hydrogen-bond acceptors (Lipinski definition) is 4. The maximum absolute atomic E-state index is 13.2. The summed E-state index contributed by atoms with van der Waals surface area (Å²) in [4.78, 5) is 0. The van der Waals surface area contributed by atoms with Crippen LogP contribution in [0.5, 0.6) is 0 Å². The number of hydrogen-bond donors (Lipinski definition) is 2. The van der Waals surface area contributed by atoms with E-state index in [-0.39, 0.29) is 5.82 Å². The summed E-state index contributed by atoms with van der Waals surface area (Å²) in [7, 11) is 1.77. The van der Waals surface area contributed by atoms with Crippen molar-refractivity contribution in [3.63, 3.8) is 0 Å². The van der Waals surface area contributed by atoms with Gasteiger partial charge in [-0.1, -0.05) is 0 Å². The Labute approximate surface area is 147 Å². The molecule has 2 rings (SSSR count). The van der Waals surface area contributed by atoms with Gasteiger partial charge >= 0.3 is 0 Å². The van der Waals surface area contributed by atoms with Gasteiger partial charge in [0.05, 0.1) is 5.69 Å². The average molecular weight is 423 g/mol. The molecule has 0 aliphatic rings. The first-order chi connectivity index (χ1) is 10.9. The summed E-state index contributed by atoms with van der Waals surface area (Å²) >= 11 is 2.06. The summed E-state index contributed by atoms with van der Waals surface area (Å²) in [6.45, 7) is 1.68. The standard InChI is InChI=1S/C16H15FIN5/c1-10(20)5-12(7-14-8-13(9-19)22-23(14)2)21-16-4-3-11(17)6-15(16)18/h3-6,8,20-21H,7H2,1-2H3/b12-5-,20-10?. The van der Waals surface area contributed by atoms with Crippen LogP contribution in [-0.2, 0) is 13.5 Å². The van der Waals surface area contributed by atoms with Gasteiger partial charge in [0.15, 0.2) is 5.69 Å². The molecule has 2 N–H and O–H groups in total. The molecule has 0 bridgehead atoms. The Morgan fingerprint density at radius 2 is 2.26 bits per heavy atom. The molecule has 0 saturated heterocycles. The van der Waals surface area contributed by atoms with E-state index in [4.69, 9.17) is 10.7 Å². The number of allylic oxidation sites excluding steroid dienone is 2. The minimum Gasteiger partial charge on any atom is -0.358 e. The van der Waals surface area contributed by atoms with Crippen molar-refractivity contribution in [3.8, 4) is 6.07 Å². The van der Waals surface area contributed by atoms with Crippen molar-refractivity contribution in [2.45, 2.75) is 13.3 Å². The normalized spacial score (nSPS) is 11.2. The molecule has 5 nitrogen and oxygen atoms in total. The van der Waals surface area contributed by atoms with E-state index < -0.39 is 0 Å². The summed E-state index contributed by atoms with van der Waals surface area (Å²) in [6, 6.07) is 8.21. The fourth-order valence-corrected chi connectivity index (χ4v) is 2.69. The number of aryl methyl sites for hydroxylation is 1. The highest BCUT2D eigenvalue weighted by Crippen LogP contribution is 2.22. The van der Waals surface area contributed by atoms with Crippen LogP contribution in [0.25, 0.3) is 0 Å². The van der Waals surface area contributed by atoms with E-state index in [1.54, 1.807) is 36.9 Å². The van der Waals surface area contributed by atoms with E-state index >= 15 is 0 Å². The van der Waals surface area contributed by atoms with Crippen molar-refractivity contribution < 1.29 is 4.39 Å². The molecule has 0 atom stereocenters. The monoisotopic (exact) mass is 423 g/mol. The Bertz CT molecular complexity index is 816. The SMILES string of the molecule is CC(=N)/C=C(/Cc1cc(C#N)nn1C)Nc1ccc(F)cc1I. The first-order valence-electron chi connectivity index (χ1n) is 6.80. The summed E-state index contributed by atoms with van der Waals surface area (Å²) in [5.41, 5.74) is 3.13. The van der Waals surface area contributed by atoms with Crippen LogP contribution in [0.2, 0.25) is 0 Å². The molecule has 23 heavy (non-hydrogen) atoms. The van der Waals surface area contributed by atoms with Crippen molar-refractivity contribution in [1.82, 2.24) is 9.78 Å². The predicted octanol–water partition coefficient (Wildman–Crippen LogP) is 3.61. The lowest BCUT2D eigenvalue weighted by Crippen LogP contribution is -2.09. The summed E-state index contributed by atoms with van der Waals surface area (Å²) < 4.78 is 15.6. The van der Waals surface area contributed by atoms with E-state index in [2.05, 4.69) is 33.0 Å². The lowest BCUT2D eigenvalue weighted by molar-refractivity contribution is 0.627. The number of nitrogens with one attached hydrogen (secondary N) is 2. The highest BCUT2D eigenvalue weighted by Gasteiger charge is 2.10. The molecule has 0 fully saturated rings. The minimum atomic E-state index is -0.293. The molecule has 0 radical (unpaired) electrons. The van der Waals surface area contributed by atoms with Gasteiger partial charge in [0.25, 0.3) is 0 Å². The van der Waals surface area contributed by atoms with Gasteiger partial charge in [0.1, 0.15) is 11.9 Å². The topological polar surface area (TPSA) is 77.5 Å². The van der Waals surface area contributed by atoms with Gasteiger partial charge in [0.2, 0.25) is 0 Å². The lowest BCUT2D eigenvalue weighted by Gasteiger charge is -2.13. The summed E-state index contributed by atoms with van der Waals surface area (Å²) in [6.07, 6.45) is 2.19.